The molecular weight excluding hydrogens is 198 g/mol. The maximum absolute atomic E-state index is 10.9. The Balaban J connectivity index is 2.56. The molecule has 1 aromatic heterocycles. The van der Waals surface area contributed by atoms with Crippen LogP contribution < -0.4 is 5.32 Å². The van der Waals surface area contributed by atoms with Gasteiger partial charge >= 0.3 is 0 Å². The van der Waals surface area contributed by atoms with Gasteiger partial charge in [-0.3, -0.25) is 9.48 Å². The fourth-order valence-electron chi connectivity index (χ4n) is 0.981. The monoisotopic (exact) mass is 211 g/mol. The molecule has 0 bridgehead atoms. The van der Waals surface area contributed by atoms with Crippen molar-refractivity contribution in [1.29, 1.82) is 0 Å². The summed E-state index contributed by atoms with van der Waals surface area (Å²) in [6.07, 6.45) is 1.88. The minimum Gasteiger partial charge on any atom is -0.394 e. The smallest absolute Gasteiger partial charge is 0.248 e. The molecule has 1 aromatic rings. The van der Waals surface area contributed by atoms with Crippen LogP contribution in [0.15, 0.2) is 24.9 Å². The van der Waals surface area contributed by atoms with Crippen molar-refractivity contribution < 1.29 is 15.0 Å². The summed E-state index contributed by atoms with van der Waals surface area (Å²) in [6, 6.07) is 1.59. The number of carbonyl (C=O) groups is 1. The minimum absolute atomic E-state index is 0.181. The van der Waals surface area contributed by atoms with Gasteiger partial charge in [0.1, 0.15) is 0 Å². The molecule has 0 saturated heterocycles. The summed E-state index contributed by atoms with van der Waals surface area (Å²) < 4.78 is 1.43. The number of aliphatic hydroxyl groups is 2. The summed E-state index contributed by atoms with van der Waals surface area (Å²) >= 11 is 0. The highest BCUT2D eigenvalue weighted by molar-refractivity contribution is 5.98. The van der Waals surface area contributed by atoms with Crippen molar-refractivity contribution in [3.63, 3.8) is 0 Å². The van der Waals surface area contributed by atoms with E-state index < -0.39 is 6.10 Å². The van der Waals surface area contributed by atoms with Gasteiger partial charge in [-0.2, -0.15) is 5.10 Å². The van der Waals surface area contributed by atoms with Gasteiger partial charge in [0.25, 0.3) is 0 Å². The molecule has 1 rings (SSSR count). The molecule has 1 amide bonds. The van der Waals surface area contributed by atoms with Gasteiger partial charge in [0.05, 0.1) is 19.3 Å². The van der Waals surface area contributed by atoms with Gasteiger partial charge in [-0.25, -0.2) is 0 Å². The molecular formula is C9H13N3O3. The molecule has 82 valence electrons. The van der Waals surface area contributed by atoms with Crippen molar-refractivity contribution in [2.75, 3.05) is 11.9 Å². The molecule has 0 aromatic carbocycles. The predicted octanol–water partition coefficient (Wildman–Crippen LogP) is -0.639. The van der Waals surface area contributed by atoms with Crippen LogP contribution in [-0.2, 0) is 11.3 Å². The molecule has 0 radical (unpaired) electrons. The first kappa shape index (κ1) is 11.4. The normalized spacial score (nSPS) is 12.1. The van der Waals surface area contributed by atoms with Gasteiger partial charge in [0.2, 0.25) is 5.91 Å². The maximum Gasteiger partial charge on any atom is 0.248 e. The van der Waals surface area contributed by atoms with Crippen LogP contribution in [0.4, 0.5) is 5.82 Å². The fourth-order valence-corrected chi connectivity index (χ4v) is 0.981. The zero-order valence-corrected chi connectivity index (χ0v) is 8.13. The minimum atomic E-state index is -0.854. The first-order valence-electron chi connectivity index (χ1n) is 4.41. The van der Waals surface area contributed by atoms with E-state index in [9.17, 15) is 4.79 Å². The SMILES string of the molecule is C=CC(=O)Nc1ccn(C[C@@H](O)CO)n1. The zero-order chi connectivity index (χ0) is 11.3. The van der Waals surface area contributed by atoms with Crippen LogP contribution in [0, 0.1) is 0 Å². The van der Waals surface area contributed by atoms with E-state index in [1.54, 1.807) is 12.3 Å². The third-order valence-electron chi connectivity index (χ3n) is 1.69. The van der Waals surface area contributed by atoms with Crippen molar-refractivity contribution in [3.05, 3.63) is 24.9 Å². The second-order valence-electron chi connectivity index (χ2n) is 2.95. The predicted molar refractivity (Wildman–Crippen MR) is 54.1 cm³/mol. The summed E-state index contributed by atoms with van der Waals surface area (Å²) in [5.41, 5.74) is 0. The van der Waals surface area contributed by atoms with Gasteiger partial charge in [-0.05, 0) is 6.08 Å². The topological polar surface area (TPSA) is 87.4 Å². The zero-order valence-electron chi connectivity index (χ0n) is 8.13. The third kappa shape index (κ3) is 3.53. The maximum atomic E-state index is 10.9. The number of hydrogen-bond acceptors (Lipinski definition) is 4. The van der Waals surface area contributed by atoms with Crippen molar-refractivity contribution in [3.8, 4) is 0 Å². The van der Waals surface area contributed by atoms with E-state index in [2.05, 4.69) is 17.0 Å². The van der Waals surface area contributed by atoms with Gasteiger partial charge in [0, 0.05) is 12.3 Å². The Bertz CT molecular complexity index is 348. The van der Waals surface area contributed by atoms with Crippen LogP contribution >= 0.6 is 0 Å². The first-order valence-corrected chi connectivity index (χ1v) is 4.41. The molecule has 0 saturated carbocycles. The van der Waals surface area contributed by atoms with Gasteiger partial charge < -0.3 is 15.5 Å². The number of aliphatic hydroxyl groups excluding tert-OH is 2. The Labute approximate surface area is 86.8 Å². The number of rotatable bonds is 5. The van der Waals surface area contributed by atoms with E-state index in [0.717, 1.165) is 6.08 Å². The highest BCUT2D eigenvalue weighted by atomic mass is 16.3. The Kier molecular flexibility index (Phi) is 4.02. The molecule has 0 fully saturated rings. The second-order valence-corrected chi connectivity index (χ2v) is 2.95. The van der Waals surface area contributed by atoms with E-state index in [4.69, 9.17) is 10.2 Å². The van der Waals surface area contributed by atoms with Crippen LogP contribution in [0.25, 0.3) is 0 Å². The molecule has 0 spiro atoms. The highest BCUT2D eigenvalue weighted by Crippen LogP contribution is 2.02. The highest BCUT2D eigenvalue weighted by Gasteiger charge is 2.05. The van der Waals surface area contributed by atoms with Crippen LogP contribution in [0.5, 0.6) is 0 Å². The Morgan fingerprint density at radius 1 is 1.80 bits per heavy atom. The van der Waals surface area contributed by atoms with E-state index in [-0.39, 0.29) is 19.1 Å². The number of anilines is 1. The number of amides is 1. The fraction of sp³-hybridized carbons (Fsp3) is 0.333. The molecule has 0 aliphatic carbocycles. The van der Waals surface area contributed by atoms with E-state index >= 15 is 0 Å². The molecule has 15 heavy (non-hydrogen) atoms. The summed E-state index contributed by atoms with van der Waals surface area (Å²) in [4.78, 5) is 10.9. The van der Waals surface area contributed by atoms with Gasteiger partial charge in [0.15, 0.2) is 5.82 Å². The second kappa shape index (κ2) is 5.28. The molecule has 1 atom stereocenters. The van der Waals surface area contributed by atoms with Crippen LogP contribution in [0.3, 0.4) is 0 Å². The largest absolute Gasteiger partial charge is 0.394 e. The van der Waals surface area contributed by atoms with E-state index in [1.165, 1.54) is 4.68 Å². The van der Waals surface area contributed by atoms with E-state index in [0.29, 0.717) is 5.82 Å². The average Bonchev–Trinajstić information content (AvgIpc) is 2.65. The molecule has 6 nitrogen and oxygen atoms in total. The first-order chi connectivity index (χ1) is 7.15. The van der Waals surface area contributed by atoms with Crippen LogP contribution in [0.2, 0.25) is 0 Å². The van der Waals surface area contributed by atoms with Crippen LogP contribution in [-0.4, -0.2) is 38.6 Å². The lowest BCUT2D eigenvalue weighted by molar-refractivity contribution is -0.111. The van der Waals surface area contributed by atoms with Crippen molar-refractivity contribution in [1.82, 2.24) is 9.78 Å². The quantitative estimate of drug-likeness (QED) is 0.565. The van der Waals surface area contributed by atoms with E-state index in [1.807, 2.05) is 0 Å². The van der Waals surface area contributed by atoms with Crippen molar-refractivity contribution >= 4 is 11.7 Å². The Hall–Kier alpha value is -1.66. The number of carbonyl (C=O) groups excluding carboxylic acids is 1. The number of nitrogens with zero attached hydrogens (tertiary/aromatic N) is 2. The average molecular weight is 211 g/mol. The lowest BCUT2D eigenvalue weighted by Gasteiger charge is -2.06. The Morgan fingerprint density at radius 2 is 2.53 bits per heavy atom. The Morgan fingerprint density at radius 3 is 3.13 bits per heavy atom. The molecule has 0 aliphatic rings. The van der Waals surface area contributed by atoms with Crippen LogP contribution in [0.1, 0.15) is 0 Å². The number of nitrogens with one attached hydrogen (secondary N) is 1. The third-order valence-corrected chi connectivity index (χ3v) is 1.69. The van der Waals surface area contributed by atoms with Crippen molar-refractivity contribution in [2.24, 2.45) is 0 Å². The summed E-state index contributed by atoms with van der Waals surface area (Å²) in [6.45, 7) is 3.16. The summed E-state index contributed by atoms with van der Waals surface area (Å²) in [7, 11) is 0. The van der Waals surface area contributed by atoms with Crippen molar-refractivity contribution in [2.45, 2.75) is 12.6 Å². The number of hydrogen-bond donors (Lipinski definition) is 3. The summed E-state index contributed by atoms with van der Waals surface area (Å²) in [5.74, 6) is 0.0352. The van der Waals surface area contributed by atoms with Gasteiger partial charge in [-0.1, -0.05) is 6.58 Å². The standard InChI is InChI=1S/C9H13N3O3/c1-2-9(15)10-8-3-4-12(11-8)5-7(14)6-13/h2-4,7,13-14H,1,5-6H2,(H,10,11,15)/t7-/m1/s1. The lowest BCUT2D eigenvalue weighted by atomic mass is 10.4. The number of aromatic nitrogens is 2. The molecule has 0 aliphatic heterocycles. The lowest BCUT2D eigenvalue weighted by Crippen LogP contribution is -2.20. The molecule has 1 heterocycles. The summed E-state index contributed by atoms with van der Waals surface area (Å²) in [5, 5.41) is 24.2. The molecule has 0 unspecified atom stereocenters. The van der Waals surface area contributed by atoms with Gasteiger partial charge in [-0.15, -0.1) is 0 Å². The molecule has 6 heteroatoms. The molecule has 3 N–H and O–H groups in total.